The number of carbonyl (C=O) groups excluding carboxylic acids is 1. The maximum atomic E-state index is 13.0. The van der Waals surface area contributed by atoms with Crippen LogP contribution in [0, 0.1) is 6.92 Å². The summed E-state index contributed by atoms with van der Waals surface area (Å²) < 4.78 is 40.5. The van der Waals surface area contributed by atoms with Gasteiger partial charge >= 0.3 is 6.18 Å². The highest BCUT2D eigenvalue weighted by atomic mass is 19.4. The minimum Gasteiger partial charge on any atom is -0.351 e. The average Bonchev–Trinajstić information content (AvgIpc) is 3.20. The zero-order chi connectivity index (χ0) is 22.8. The Kier molecular flexibility index (Phi) is 5.99. The van der Waals surface area contributed by atoms with E-state index < -0.39 is 11.7 Å². The van der Waals surface area contributed by atoms with Crippen LogP contribution in [0.25, 0.3) is 5.82 Å². The maximum absolute atomic E-state index is 13.0. The number of aryl methyl sites for hydroxylation is 1. The van der Waals surface area contributed by atoms with Crippen molar-refractivity contribution in [2.75, 3.05) is 6.54 Å². The molecule has 6 nitrogen and oxygen atoms in total. The molecule has 1 aliphatic rings. The SMILES string of the molecule is Cc1nn(-c2cnccn2)cc1C(=O)NCC1(c2ccc(C(F)(F)F)cc2)CCCCC1. The number of nitrogens with zero attached hydrogens (tertiary/aromatic N) is 4. The highest BCUT2D eigenvalue weighted by molar-refractivity contribution is 5.95. The summed E-state index contributed by atoms with van der Waals surface area (Å²) >= 11 is 0. The van der Waals surface area contributed by atoms with Gasteiger partial charge in [0.25, 0.3) is 5.91 Å². The average molecular weight is 443 g/mol. The Morgan fingerprint density at radius 3 is 2.47 bits per heavy atom. The predicted molar refractivity (Wildman–Crippen MR) is 112 cm³/mol. The third-order valence-electron chi connectivity index (χ3n) is 6.15. The summed E-state index contributed by atoms with van der Waals surface area (Å²) in [6, 6.07) is 5.36. The fraction of sp³-hybridized carbons (Fsp3) is 0.391. The van der Waals surface area contributed by atoms with Gasteiger partial charge in [-0.25, -0.2) is 9.67 Å². The number of aromatic nitrogens is 4. The third-order valence-corrected chi connectivity index (χ3v) is 6.15. The Labute approximate surface area is 183 Å². The Morgan fingerprint density at radius 1 is 1.12 bits per heavy atom. The van der Waals surface area contributed by atoms with E-state index in [0.29, 0.717) is 23.6 Å². The molecule has 1 fully saturated rings. The molecule has 1 aliphatic carbocycles. The third kappa shape index (κ3) is 4.51. The highest BCUT2D eigenvalue weighted by Gasteiger charge is 2.36. The van der Waals surface area contributed by atoms with Gasteiger partial charge < -0.3 is 5.32 Å². The topological polar surface area (TPSA) is 72.7 Å². The van der Waals surface area contributed by atoms with E-state index in [1.54, 1.807) is 43.8 Å². The van der Waals surface area contributed by atoms with Gasteiger partial charge in [-0.05, 0) is 37.5 Å². The van der Waals surface area contributed by atoms with Crippen molar-refractivity contribution in [3.05, 3.63) is 71.4 Å². The highest BCUT2D eigenvalue weighted by Crippen LogP contribution is 2.40. The molecule has 0 aliphatic heterocycles. The second-order valence-electron chi connectivity index (χ2n) is 8.24. The van der Waals surface area contributed by atoms with Crippen LogP contribution in [-0.4, -0.2) is 32.2 Å². The fourth-order valence-corrected chi connectivity index (χ4v) is 4.36. The summed E-state index contributed by atoms with van der Waals surface area (Å²) in [5.74, 6) is 0.234. The molecular formula is C23H24F3N5O. The Balaban J connectivity index is 1.53. The van der Waals surface area contributed by atoms with Crippen molar-refractivity contribution >= 4 is 5.91 Å². The Bertz CT molecular complexity index is 1070. The van der Waals surface area contributed by atoms with E-state index in [9.17, 15) is 18.0 Å². The van der Waals surface area contributed by atoms with Crippen molar-refractivity contribution < 1.29 is 18.0 Å². The van der Waals surface area contributed by atoms with Crippen LogP contribution in [-0.2, 0) is 11.6 Å². The van der Waals surface area contributed by atoms with Gasteiger partial charge in [0.1, 0.15) is 0 Å². The van der Waals surface area contributed by atoms with Crippen LogP contribution in [0.2, 0.25) is 0 Å². The monoisotopic (exact) mass is 443 g/mol. The maximum Gasteiger partial charge on any atom is 0.416 e. The summed E-state index contributed by atoms with van der Waals surface area (Å²) in [6.07, 6.45) is 6.55. The zero-order valence-corrected chi connectivity index (χ0v) is 17.7. The van der Waals surface area contributed by atoms with Crippen molar-refractivity contribution in [3.63, 3.8) is 0 Å². The molecular weight excluding hydrogens is 419 g/mol. The number of halogens is 3. The predicted octanol–water partition coefficient (Wildman–Crippen LogP) is 4.62. The van der Waals surface area contributed by atoms with Crippen LogP contribution in [0.3, 0.4) is 0 Å². The zero-order valence-electron chi connectivity index (χ0n) is 17.7. The van der Waals surface area contributed by atoms with E-state index in [0.717, 1.165) is 49.8 Å². The summed E-state index contributed by atoms with van der Waals surface area (Å²) in [4.78, 5) is 21.2. The second-order valence-corrected chi connectivity index (χ2v) is 8.24. The van der Waals surface area contributed by atoms with Gasteiger partial charge in [0.05, 0.1) is 23.0 Å². The minimum absolute atomic E-state index is 0.269. The van der Waals surface area contributed by atoms with Crippen LogP contribution in [0.4, 0.5) is 13.2 Å². The van der Waals surface area contributed by atoms with Gasteiger partial charge in [0, 0.05) is 30.6 Å². The number of alkyl halides is 3. The molecule has 0 atom stereocenters. The normalized spacial score (nSPS) is 16.0. The first-order valence-corrected chi connectivity index (χ1v) is 10.6. The van der Waals surface area contributed by atoms with Crippen LogP contribution in [0.5, 0.6) is 0 Å². The number of rotatable bonds is 5. The Morgan fingerprint density at radius 2 is 1.84 bits per heavy atom. The molecule has 2 heterocycles. The van der Waals surface area contributed by atoms with Gasteiger partial charge in [-0.1, -0.05) is 31.4 Å². The second kappa shape index (κ2) is 8.72. The van der Waals surface area contributed by atoms with Crippen molar-refractivity contribution in [1.29, 1.82) is 0 Å². The molecule has 1 amide bonds. The lowest BCUT2D eigenvalue weighted by atomic mass is 9.69. The van der Waals surface area contributed by atoms with E-state index in [1.807, 2.05) is 0 Å². The molecule has 3 aromatic rings. The number of carbonyl (C=O) groups is 1. The van der Waals surface area contributed by atoms with Gasteiger partial charge in [0.2, 0.25) is 0 Å². The molecule has 32 heavy (non-hydrogen) atoms. The first-order valence-electron chi connectivity index (χ1n) is 10.6. The molecule has 4 rings (SSSR count). The molecule has 0 bridgehead atoms. The van der Waals surface area contributed by atoms with E-state index in [4.69, 9.17) is 0 Å². The van der Waals surface area contributed by atoms with Crippen LogP contribution in [0.15, 0.2) is 49.1 Å². The molecule has 0 unspecified atom stereocenters. The van der Waals surface area contributed by atoms with E-state index >= 15 is 0 Å². The van der Waals surface area contributed by atoms with Gasteiger partial charge in [-0.15, -0.1) is 0 Å². The molecule has 1 aromatic carbocycles. The van der Waals surface area contributed by atoms with Crippen molar-refractivity contribution in [2.45, 2.75) is 50.6 Å². The smallest absolute Gasteiger partial charge is 0.351 e. The fourth-order valence-electron chi connectivity index (χ4n) is 4.36. The number of hydrogen-bond acceptors (Lipinski definition) is 4. The molecule has 0 saturated heterocycles. The minimum atomic E-state index is -4.37. The largest absolute Gasteiger partial charge is 0.416 e. The first kappa shape index (κ1) is 22.0. The summed E-state index contributed by atoms with van der Waals surface area (Å²) in [6.45, 7) is 2.10. The molecule has 1 saturated carbocycles. The lowest BCUT2D eigenvalue weighted by Gasteiger charge is -2.38. The summed E-state index contributed by atoms with van der Waals surface area (Å²) in [7, 11) is 0. The quantitative estimate of drug-likeness (QED) is 0.625. The summed E-state index contributed by atoms with van der Waals surface area (Å²) in [5, 5.41) is 7.36. The van der Waals surface area contributed by atoms with Gasteiger partial charge in [0.15, 0.2) is 5.82 Å². The molecule has 168 valence electrons. The molecule has 0 radical (unpaired) electrons. The van der Waals surface area contributed by atoms with Crippen molar-refractivity contribution in [3.8, 4) is 5.82 Å². The van der Waals surface area contributed by atoms with Crippen LogP contribution < -0.4 is 5.32 Å². The van der Waals surface area contributed by atoms with Crippen LogP contribution in [0.1, 0.15) is 59.3 Å². The Hall–Kier alpha value is -3.23. The lowest BCUT2D eigenvalue weighted by molar-refractivity contribution is -0.137. The van der Waals surface area contributed by atoms with E-state index in [1.165, 1.54) is 4.68 Å². The van der Waals surface area contributed by atoms with Crippen molar-refractivity contribution in [2.24, 2.45) is 0 Å². The van der Waals surface area contributed by atoms with E-state index in [2.05, 4.69) is 20.4 Å². The van der Waals surface area contributed by atoms with Gasteiger partial charge in [-0.3, -0.25) is 9.78 Å². The van der Waals surface area contributed by atoms with Gasteiger partial charge in [-0.2, -0.15) is 18.3 Å². The standard InChI is InChI=1S/C23H24F3N5O/c1-16-19(14-31(30-16)20-13-27-11-12-28-20)21(32)29-15-22(9-3-2-4-10-22)17-5-7-18(8-6-17)23(24,25)26/h5-8,11-14H,2-4,9-10,15H2,1H3,(H,29,32). The summed E-state index contributed by atoms with van der Waals surface area (Å²) in [5.41, 5.74) is 0.766. The number of nitrogens with one attached hydrogen (secondary N) is 1. The number of amides is 1. The lowest BCUT2D eigenvalue weighted by Crippen LogP contribution is -2.42. The molecule has 1 N–H and O–H groups in total. The molecule has 2 aromatic heterocycles. The first-order chi connectivity index (χ1) is 15.3. The van der Waals surface area contributed by atoms with E-state index in [-0.39, 0.29) is 11.3 Å². The number of benzene rings is 1. The van der Waals surface area contributed by atoms with Crippen molar-refractivity contribution in [1.82, 2.24) is 25.1 Å². The molecule has 9 heteroatoms. The molecule has 0 spiro atoms. The number of hydrogen-bond donors (Lipinski definition) is 1. The van der Waals surface area contributed by atoms with Crippen LogP contribution >= 0.6 is 0 Å².